The van der Waals surface area contributed by atoms with Crippen molar-refractivity contribution in [3.63, 3.8) is 0 Å². The Morgan fingerprint density at radius 1 is 1.24 bits per heavy atom. The molecule has 1 fully saturated rings. The second-order valence-corrected chi connectivity index (χ2v) is 8.18. The number of carboxylic acid groups (broad SMARTS) is 1. The van der Waals surface area contributed by atoms with E-state index in [1.54, 1.807) is 12.1 Å². The number of aliphatic hydroxyl groups is 1. The zero-order chi connectivity index (χ0) is 23.4. The number of aliphatic carboxylic acids is 1. The van der Waals surface area contributed by atoms with Gasteiger partial charge in [0.25, 0.3) is 0 Å². The molecular formula is C24H27FN2O6. The number of carboxylic acids is 1. The first-order valence-corrected chi connectivity index (χ1v) is 10.9. The van der Waals surface area contributed by atoms with Crippen molar-refractivity contribution in [2.75, 3.05) is 33.4 Å². The average Bonchev–Trinajstić information content (AvgIpc) is 3.24. The number of nitrogens with zero attached hydrogens (tertiary/aromatic N) is 2. The Morgan fingerprint density at radius 2 is 2.03 bits per heavy atom. The highest BCUT2D eigenvalue weighted by Gasteiger charge is 2.25. The smallest absolute Gasteiger partial charge is 0.337 e. The highest BCUT2D eigenvalue weighted by atomic mass is 19.1. The van der Waals surface area contributed by atoms with Crippen LogP contribution in [0, 0.1) is 5.82 Å². The topological polar surface area (TPSA) is 105 Å². The summed E-state index contributed by atoms with van der Waals surface area (Å²) in [4.78, 5) is 13.3. The molecule has 1 aliphatic rings. The molecule has 0 radical (unpaired) electrons. The van der Waals surface area contributed by atoms with Gasteiger partial charge in [-0.05, 0) is 62.2 Å². The molecule has 0 amide bonds. The summed E-state index contributed by atoms with van der Waals surface area (Å²) >= 11 is 0. The summed E-state index contributed by atoms with van der Waals surface area (Å²) in [7, 11) is 1.47. The summed E-state index contributed by atoms with van der Waals surface area (Å²) in [5.74, 6) is -0.456. The molecule has 1 unspecified atom stereocenters. The van der Waals surface area contributed by atoms with Crippen molar-refractivity contribution in [2.45, 2.75) is 31.3 Å². The third-order valence-corrected chi connectivity index (χ3v) is 6.05. The Labute approximate surface area is 190 Å². The fraction of sp³-hybridized carbons (Fsp3) is 0.417. The van der Waals surface area contributed by atoms with Gasteiger partial charge < -0.3 is 29.1 Å². The Morgan fingerprint density at radius 3 is 2.76 bits per heavy atom. The van der Waals surface area contributed by atoms with Gasteiger partial charge in [0.1, 0.15) is 5.82 Å². The number of ether oxygens (including phenoxy) is 2. The summed E-state index contributed by atoms with van der Waals surface area (Å²) in [6.45, 7) is 3.24. The highest BCUT2D eigenvalue weighted by Crippen LogP contribution is 2.33. The number of hydrogen-bond donors (Lipinski definition) is 2. The van der Waals surface area contributed by atoms with E-state index in [0.717, 1.165) is 50.0 Å². The molecule has 1 atom stereocenters. The second-order valence-electron chi connectivity index (χ2n) is 8.18. The van der Waals surface area contributed by atoms with Gasteiger partial charge in [-0.2, -0.15) is 0 Å². The molecule has 2 heterocycles. The van der Waals surface area contributed by atoms with Gasteiger partial charge in [0.2, 0.25) is 0 Å². The molecule has 2 N–H and O–H groups in total. The number of aliphatic hydroxyl groups excluding tert-OH is 1. The SMILES string of the molecule is COc1cc(C(O)C(=O)O)ccc1OCCCN1CCC(c2noc3cc(F)ccc23)CC1. The van der Waals surface area contributed by atoms with E-state index >= 15 is 0 Å². The highest BCUT2D eigenvalue weighted by molar-refractivity contribution is 5.80. The molecule has 1 saturated heterocycles. The zero-order valence-electron chi connectivity index (χ0n) is 18.4. The van der Waals surface area contributed by atoms with Gasteiger partial charge in [0.15, 0.2) is 23.2 Å². The van der Waals surface area contributed by atoms with Crippen molar-refractivity contribution in [2.24, 2.45) is 0 Å². The summed E-state index contributed by atoms with van der Waals surface area (Å²) in [5, 5.41) is 23.7. The molecule has 0 spiro atoms. The van der Waals surface area contributed by atoms with Crippen molar-refractivity contribution in [1.29, 1.82) is 0 Å². The molecule has 2 aromatic carbocycles. The Bertz CT molecular complexity index is 1110. The van der Waals surface area contributed by atoms with Gasteiger partial charge in [0, 0.05) is 23.9 Å². The van der Waals surface area contributed by atoms with Gasteiger partial charge >= 0.3 is 5.97 Å². The summed E-state index contributed by atoms with van der Waals surface area (Å²) in [6, 6.07) is 9.15. The van der Waals surface area contributed by atoms with E-state index in [1.807, 2.05) is 0 Å². The zero-order valence-corrected chi connectivity index (χ0v) is 18.4. The van der Waals surface area contributed by atoms with Crippen LogP contribution in [-0.2, 0) is 4.79 Å². The number of methoxy groups -OCH3 is 1. The maximum Gasteiger partial charge on any atom is 0.337 e. The van der Waals surface area contributed by atoms with Crippen LogP contribution in [0.5, 0.6) is 11.5 Å². The minimum absolute atomic E-state index is 0.236. The molecule has 176 valence electrons. The fourth-order valence-corrected chi connectivity index (χ4v) is 4.24. The first-order valence-electron chi connectivity index (χ1n) is 10.9. The lowest BCUT2D eigenvalue weighted by molar-refractivity contribution is -0.146. The number of likely N-dealkylation sites (tertiary alicyclic amines) is 1. The molecule has 33 heavy (non-hydrogen) atoms. The molecule has 4 rings (SSSR count). The number of halogens is 1. The van der Waals surface area contributed by atoms with E-state index < -0.39 is 12.1 Å². The van der Waals surface area contributed by atoms with Crippen LogP contribution in [0.15, 0.2) is 40.9 Å². The van der Waals surface area contributed by atoms with Gasteiger partial charge in [-0.1, -0.05) is 11.2 Å². The second kappa shape index (κ2) is 10.2. The van der Waals surface area contributed by atoms with E-state index in [9.17, 15) is 14.3 Å². The lowest BCUT2D eigenvalue weighted by Gasteiger charge is -2.31. The minimum atomic E-state index is -1.60. The number of rotatable bonds is 9. The molecule has 0 saturated carbocycles. The lowest BCUT2D eigenvalue weighted by atomic mass is 9.91. The van der Waals surface area contributed by atoms with Crippen LogP contribution < -0.4 is 9.47 Å². The maximum atomic E-state index is 13.4. The number of carbonyl (C=O) groups is 1. The van der Waals surface area contributed by atoms with Gasteiger partial charge in [0.05, 0.1) is 19.4 Å². The third-order valence-electron chi connectivity index (χ3n) is 6.05. The predicted octanol–water partition coefficient (Wildman–Crippen LogP) is 3.74. The van der Waals surface area contributed by atoms with Crippen molar-refractivity contribution in [3.8, 4) is 11.5 Å². The number of fused-ring (bicyclic) bond motifs is 1. The van der Waals surface area contributed by atoms with Crippen molar-refractivity contribution >= 4 is 16.9 Å². The minimum Gasteiger partial charge on any atom is -0.493 e. The quantitative estimate of drug-likeness (QED) is 0.467. The Kier molecular flexibility index (Phi) is 7.10. The molecule has 8 nitrogen and oxygen atoms in total. The van der Waals surface area contributed by atoms with Crippen LogP contribution in [0.2, 0.25) is 0 Å². The van der Waals surface area contributed by atoms with E-state index in [1.165, 1.54) is 31.4 Å². The molecule has 3 aromatic rings. The molecule has 0 bridgehead atoms. The van der Waals surface area contributed by atoms with Crippen LogP contribution in [-0.4, -0.2) is 59.6 Å². The fourth-order valence-electron chi connectivity index (χ4n) is 4.24. The van der Waals surface area contributed by atoms with Crippen molar-refractivity contribution in [3.05, 3.63) is 53.5 Å². The largest absolute Gasteiger partial charge is 0.493 e. The Hall–Kier alpha value is -3.17. The van der Waals surface area contributed by atoms with Crippen LogP contribution in [0.25, 0.3) is 11.0 Å². The normalized spacial score (nSPS) is 16.1. The van der Waals surface area contributed by atoms with Crippen LogP contribution in [0.3, 0.4) is 0 Å². The summed E-state index contributed by atoms with van der Waals surface area (Å²) in [6.07, 6.45) is 1.13. The molecule has 1 aliphatic heterocycles. The number of benzene rings is 2. The first-order chi connectivity index (χ1) is 16.0. The van der Waals surface area contributed by atoms with Gasteiger partial charge in [-0.3, -0.25) is 0 Å². The van der Waals surface area contributed by atoms with Crippen molar-refractivity contribution < 1.29 is 33.4 Å². The average molecular weight is 458 g/mol. The van der Waals surface area contributed by atoms with E-state index in [-0.39, 0.29) is 11.4 Å². The number of hydrogen-bond acceptors (Lipinski definition) is 7. The maximum absolute atomic E-state index is 13.4. The van der Waals surface area contributed by atoms with E-state index in [4.69, 9.17) is 19.1 Å². The van der Waals surface area contributed by atoms with Crippen LogP contribution in [0.4, 0.5) is 4.39 Å². The number of piperidine rings is 1. The lowest BCUT2D eigenvalue weighted by Crippen LogP contribution is -2.34. The standard InChI is InChI=1S/C24H27FN2O6/c1-31-21-13-16(23(28)24(29)30)3-6-19(21)32-12-2-9-27-10-7-15(8-11-27)22-18-5-4-17(25)14-20(18)33-26-22/h3-6,13-15,23,28H,2,7-12H2,1H3,(H,29,30). The van der Waals surface area contributed by atoms with Gasteiger partial charge in [-0.15, -0.1) is 0 Å². The van der Waals surface area contributed by atoms with Crippen LogP contribution in [0.1, 0.15) is 42.5 Å². The monoisotopic (exact) mass is 458 g/mol. The van der Waals surface area contributed by atoms with E-state index in [0.29, 0.717) is 29.6 Å². The summed E-state index contributed by atoms with van der Waals surface area (Å²) in [5.41, 5.74) is 1.64. The molecule has 0 aliphatic carbocycles. The first kappa shape index (κ1) is 23.0. The summed E-state index contributed by atoms with van der Waals surface area (Å²) < 4.78 is 29.8. The Balaban J connectivity index is 1.24. The molecule has 9 heteroatoms. The van der Waals surface area contributed by atoms with Crippen molar-refractivity contribution in [1.82, 2.24) is 10.1 Å². The molecular weight excluding hydrogens is 431 g/mol. The number of aromatic nitrogens is 1. The van der Waals surface area contributed by atoms with Gasteiger partial charge in [-0.25, -0.2) is 9.18 Å². The molecule has 1 aromatic heterocycles. The third kappa shape index (κ3) is 5.26. The van der Waals surface area contributed by atoms with E-state index in [2.05, 4.69) is 10.1 Å². The predicted molar refractivity (Wildman–Crippen MR) is 118 cm³/mol. The van der Waals surface area contributed by atoms with Crippen LogP contribution >= 0.6 is 0 Å².